The molecule has 0 aliphatic carbocycles. The second-order valence-corrected chi connectivity index (χ2v) is 5.75. The number of thiophene rings is 1. The molecule has 21 heavy (non-hydrogen) atoms. The van der Waals surface area contributed by atoms with Gasteiger partial charge in [-0.2, -0.15) is 0 Å². The van der Waals surface area contributed by atoms with Gasteiger partial charge in [-0.05, 0) is 48.6 Å². The largest absolute Gasteiger partial charge is 0.493 e. The zero-order valence-corrected chi connectivity index (χ0v) is 13.3. The van der Waals surface area contributed by atoms with Crippen molar-refractivity contribution in [2.45, 2.75) is 20.4 Å². The molecular weight excluding hydrogens is 286 g/mol. The van der Waals surface area contributed by atoms with E-state index in [0.29, 0.717) is 18.0 Å². The average Bonchev–Trinajstić information content (AvgIpc) is 2.89. The molecule has 0 aliphatic heterocycles. The zero-order chi connectivity index (χ0) is 15.2. The van der Waals surface area contributed by atoms with Gasteiger partial charge in [0.2, 0.25) is 0 Å². The Morgan fingerprint density at radius 1 is 1.24 bits per heavy atom. The van der Waals surface area contributed by atoms with E-state index in [0.717, 1.165) is 10.4 Å². The Labute approximate surface area is 128 Å². The Morgan fingerprint density at radius 3 is 2.71 bits per heavy atom. The molecule has 4 nitrogen and oxygen atoms in total. The average molecular weight is 305 g/mol. The van der Waals surface area contributed by atoms with Crippen LogP contribution in [-0.2, 0) is 11.3 Å². The lowest BCUT2D eigenvalue weighted by molar-refractivity contribution is -0.123. The number of carbonyl (C=O) groups is 1. The van der Waals surface area contributed by atoms with Crippen molar-refractivity contribution < 1.29 is 14.3 Å². The summed E-state index contributed by atoms with van der Waals surface area (Å²) in [5.74, 6) is 1.06. The summed E-state index contributed by atoms with van der Waals surface area (Å²) < 4.78 is 10.7. The highest BCUT2D eigenvalue weighted by molar-refractivity contribution is 7.10. The molecular formula is C16H19NO3S. The van der Waals surface area contributed by atoms with E-state index in [1.165, 1.54) is 5.56 Å². The van der Waals surface area contributed by atoms with E-state index in [4.69, 9.17) is 9.47 Å². The third-order valence-corrected chi connectivity index (χ3v) is 4.12. The van der Waals surface area contributed by atoms with Gasteiger partial charge in [0, 0.05) is 4.88 Å². The van der Waals surface area contributed by atoms with Crippen molar-refractivity contribution in [2.24, 2.45) is 0 Å². The fourth-order valence-electron chi connectivity index (χ4n) is 1.85. The summed E-state index contributed by atoms with van der Waals surface area (Å²) in [5.41, 5.74) is 2.28. The number of ether oxygens (including phenoxy) is 2. The van der Waals surface area contributed by atoms with Crippen LogP contribution in [0, 0.1) is 13.8 Å². The Morgan fingerprint density at radius 2 is 2.05 bits per heavy atom. The van der Waals surface area contributed by atoms with Crippen molar-refractivity contribution in [3.8, 4) is 11.5 Å². The van der Waals surface area contributed by atoms with Crippen LogP contribution in [0.25, 0.3) is 0 Å². The molecule has 0 unspecified atom stereocenters. The van der Waals surface area contributed by atoms with Gasteiger partial charge in [-0.15, -0.1) is 11.3 Å². The van der Waals surface area contributed by atoms with Crippen LogP contribution in [0.3, 0.4) is 0 Å². The van der Waals surface area contributed by atoms with E-state index in [1.54, 1.807) is 18.4 Å². The van der Waals surface area contributed by atoms with E-state index in [1.807, 2.05) is 43.5 Å². The van der Waals surface area contributed by atoms with Crippen molar-refractivity contribution in [1.82, 2.24) is 5.32 Å². The first-order chi connectivity index (χ1) is 10.1. The first kappa shape index (κ1) is 15.4. The van der Waals surface area contributed by atoms with Crippen LogP contribution >= 0.6 is 11.3 Å². The second kappa shape index (κ2) is 7.13. The minimum absolute atomic E-state index is 0.0240. The first-order valence-electron chi connectivity index (χ1n) is 6.67. The number of rotatable bonds is 6. The number of hydrogen-bond donors (Lipinski definition) is 1. The van der Waals surface area contributed by atoms with Gasteiger partial charge in [0.25, 0.3) is 5.91 Å². The van der Waals surface area contributed by atoms with E-state index >= 15 is 0 Å². The van der Waals surface area contributed by atoms with Gasteiger partial charge in [0.05, 0.1) is 13.7 Å². The number of amides is 1. The normalized spacial score (nSPS) is 10.2. The van der Waals surface area contributed by atoms with E-state index in [2.05, 4.69) is 5.32 Å². The molecule has 112 valence electrons. The molecule has 0 bridgehead atoms. The third kappa shape index (κ3) is 4.23. The standard InChI is InChI=1S/C16H19NO3S/c1-11-4-5-13(14(8-11)19-3)20-10-16(18)17-9-15-12(2)6-7-21-15/h4-8H,9-10H2,1-3H3,(H,17,18). The topological polar surface area (TPSA) is 47.6 Å². The molecule has 0 radical (unpaired) electrons. The summed E-state index contributed by atoms with van der Waals surface area (Å²) >= 11 is 1.64. The van der Waals surface area contributed by atoms with Gasteiger partial charge in [-0.1, -0.05) is 6.07 Å². The van der Waals surface area contributed by atoms with Gasteiger partial charge in [0.15, 0.2) is 18.1 Å². The summed E-state index contributed by atoms with van der Waals surface area (Å²) in [6.07, 6.45) is 0. The van der Waals surface area contributed by atoms with Gasteiger partial charge in [-0.25, -0.2) is 0 Å². The van der Waals surface area contributed by atoms with Gasteiger partial charge < -0.3 is 14.8 Å². The van der Waals surface area contributed by atoms with E-state index < -0.39 is 0 Å². The van der Waals surface area contributed by atoms with Crippen LogP contribution in [0.5, 0.6) is 11.5 Å². The molecule has 0 saturated heterocycles. The fraction of sp³-hybridized carbons (Fsp3) is 0.312. The molecule has 1 heterocycles. The van der Waals surface area contributed by atoms with Crippen LogP contribution in [0.15, 0.2) is 29.6 Å². The Bertz CT molecular complexity index is 622. The molecule has 0 atom stereocenters. The molecule has 0 aliphatic rings. The summed E-state index contributed by atoms with van der Waals surface area (Å²) in [6.45, 7) is 4.52. The number of nitrogens with one attached hydrogen (secondary N) is 1. The van der Waals surface area contributed by atoms with Crippen LogP contribution in [-0.4, -0.2) is 19.6 Å². The maximum Gasteiger partial charge on any atom is 0.258 e. The maximum absolute atomic E-state index is 11.8. The Kier molecular flexibility index (Phi) is 5.22. The van der Waals surface area contributed by atoms with Crippen molar-refractivity contribution in [3.05, 3.63) is 45.6 Å². The monoisotopic (exact) mass is 305 g/mol. The van der Waals surface area contributed by atoms with Crippen LogP contribution < -0.4 is 14.8 Å². The van der Waals surface area contributed by atoms with Crippen LogP contribution in [0.2, 0.25) is 0 Å². The van der Waals surface area contributed by atoms with Crippen molar-refractivity contribution in [1.29, 1.82) is 0 Å². The molecule has 2 aromatic rings. The number of aryl methyl sites for hydroxylation is 2. The third-order valence-electron chi connectivity index (χ3n) is 3.09. The van der Waals surface area contributed by atoms with E-state index in [9.17, 15) is 4.79 Å². The molecule has 1 N–H and O–H groups in total. The van der Waals surface area contributed by atoms with Gasteiger partial charge in [-0.3, -0.25) is 4.79 Å². The minimum Gasteiger partial charge on any atom is -0.493 e. The summed E-state index contributed by atoms with van der Waals surface area (Å²) in [6, 6.07) is 7.65. The first-order valence-corrected chi connectivity index (χ1v) is 7.55. The number of hydrogen-bond acceptors (Lipinski definition) is 4. The van der Waals surface area contributed by atoms with Crippen LogP contribution in [0.1, 0.15) is 16.0 Å². The van der Waals surface area contributed by atoms with Gasteiger partial charge >= 0.3 is 0 Å². The highest BCUT2D eigenvalue weighted by Crippen LogP contribution is 2.27. The van der Waals surface area contributed by atoms with Gasteiger partial charge in [0.1, 0.15) is 0 Å². The van der Waals surface area contributed by atoms with Crippen molar-refractivity contribution in [3.63, 3.8) is 0 Å². The SMILES string of the molecule is COc1cc(C)ccc1OCC(=O)NCc1sccc1C. The Balaban J connectivity index is 1.85. The maximum atomic E-state index is 11.8. The molecule has 0 saturated carbocycles. The smallest absolute Gasteiger partial charge is 0.258 e. The minimum atomic E-state index is -0.148. The summed E-state index contributed by atoms with van der Waals surface area (Å²) in [5, 5.41) is 4.87. The zero-order valence-electron chi connectivity index (χ0n) is 12.4. The molecule has 5 heteroatoms. The van der Waals surface area contributed by atoms with Crippen molar-refractivity contribution >= 4 is 17.2 Å². The molecule has 1 aromatic carbocycles. The lowest BCUT2D eigenvalue weighted by Gasteiger charge is -2.11. The fourth-order valence-corrected chi connectivity index (χ4v) is 2.70. The number of methoxy groups -OCH3 is 1. The quantitative estimate of drug-likeness (QED) is 0.892. The highest BCUT2D eigenvalue weighted by atomic mass is 32.1. The van der Waals surface area contributed by atoms with Crippen LogP contribution in [0.4, 0.5) is 0 Å². The predicted octanol–water partition coefficient (Wildman–Crippen LogP) is 3.07. The van der Waals surface area contributed by atoms with E-state index in [-0.39, 0.29) is 12.5 Å². The second-order valence-electron chi connectivity index (χ2n) is 4.75. The molecule has 0 fully saturated rings. The predicted molar refractivity (Wildman–Crippen MR) is 84.1 cm³/mol. The lowest BCUT2D eigenvalue weighted by Crippen LogP contribution is -2.28. The highest BCUT2D eigenvalue weighted by Gasteiger charge is 2.08. The van der Waals surface area contributed by atoms with Crippen molar-refractivity contribution in [2.75, 3.05) is 13.7 Å². The lowest BCUT2D eigenvalue weighted by atomic mass is 10.2. The summed E-state index contributed by atoms with van der Waals surface area (Å²) in [4.78, 5) is 13.0. The number of carbonyl (C=O) groups excluding carboxylic acids is 1. The molecule has 2 rings (SSSR count). The molecule has 1 aromatic heterocycles. The summed E-state index contributed by atoms with van der Waals surface area (Å²) in [7, 11) is 1.58. The number of benzene rings is 1. The Hall–Kier alpha value is -2.01. The molecule has 1 amide bonds. The molecule has 0 spiro atoms.